The molecule has 3 rings (SSSR count). The Bertz CT molecular complexity index is 862. The second kappa shape index (κ2) is 9.66. The molecule has 8 heteroatoms. The maximum absolute atomic E-state index is 12.1. The maximum Gasteiger partial charge on any atom is 0.225 e. The Morgan fingerprint density at radius 1 is 1.11 bits per heavy atom. The van der Waals surface area contributed by atoms with E-state index in [1.54, 1.807) is 24.3 Å². The number of benzene rings is 2. The van der Waals surface area contributed by atoms with Crippen LogP contribution in [-0.2, 0) is 16.1 Å². The monoisotopic (exact) mass is 460 g/mol. The van der Waals surface area contributed by atoms with Gasteiger partial charge < -0.3 is 10.5 Å². The normalized spacial score (nSPS) is 18.8. The molecule has 1 heterocycles. The smallest absolute Gasteiger partial charge is 0.225 e. The summed E-state index contributed by atoms with van der Waals surface area (Å²) in [5.41, 5.74) is 7.40. The maximum atomic E-state index is 12.1. The zero-order valence-electron chi connectivity index (χ0n) is 15.0. The lowest BCUT2D eigenvalue weighted by Gasteiger charge is -2.34. The van der Waals surface area contributed by atoms with Gasteiger partial charge in [0.15, 0.2) is 0 Å². The van der Waals surface area contributed by atoms with E-state index in [-0.39, 0.29) is 6.10 Å². The van der Waals surface area contributed by atoms with Crippen LogP contribution in [0.15, 0.2) is 36.4 Å². The van der Waals surface area contributed by atoms with E-state index in [0.29, 0.717) is 45.2 Å². The van der Waals surface area contributed by atoms with Crippen molar-refractivity contribution in [3.05, 3.63) is 67.6 Å². The van der Waals surface area contributed by atoms with Gasteiger partial charge in [-0.1, -0.05) is 58.5 Å². The summed E-state index contributed by atoms with van der Waals surface area (Å²) in [4.78, 5) is 14.3. The van der Waals surface area contributed by atoms with E-state index in [9.17, 15) is 4.79 Å². The lowest BCUT2D eigenvalue weighted by atomic mass is 9.91. The molecular formula is C20H20Cl4N2O2. The molecule has 28 heavy (non-hydrogen) atoms. The fourth-order valence-corrected chi connectivity index (χ4v) is 4.27. The molecular weight excluding hydrogens is 442 g/mol. The molecule has 0 spiro atoms. The van der Waals surface area contributed by atoms with E-state index in [4.69, 9.17) is 56.9 Å². The highest BCUT2D eigenvalue weighted by Crippen LogP contribution is 2.32. The van der Waals surface area contributed by atoms with Crippen LogP contribution in [0.2, 0.25) is 20.1 Å². The molecule has 150 valence electrons. The van der Waals surface area contributed by atoms with Crippen molar-refractivity contribution in [3.8, 4) is 0 Å². The molecule has 1 fully saturated rings. The van der Waals surface area contributed by atoms with Crippen LogP contribution in [0.25, 0.3) is 0 Å². The first-order valence-corrected chi connectivity index (χ1v) is 10.4. The molecule has 0 bridgehead atoms. The lowest BCUT2D eigenvalue weighted by Crippen LogP contribution is -2.43. The Morgan fingerprint density at radius 2 is 1.89 bits per heavy atom. The van der Waals surface area contributed by atoms with E-state index < -0.39 is 11.8 Å². The summed E-state index contributed by atoms with van der Waals surface area (Å²) < 4.78 is 5.89. The highest BCUT2D eigenvalue weighted by atomic mass is 35.5. The second-order valence-electron chi connectivity index (χ2n) is 6.83. The van der Waals surface area contributed by atoms with Crippen molar-refractivity contribution in [2.45, 2.75) is 25.0 Å². The van der Waals surface area contributed by atoms with Crippen molar-refractivity contribution in [2.75, 3.05) is 19.7 Å². The van der Waals surface area contributed by atoms with Gasteiger partial charge in [0.25, 0.3) is 0 Å². The van der Waals surface area contributed by atoms with Crippen molar-refractivity contribution < 1.29 is 9.53 Å². The number of carbonyl (C=O) groups excluding carboxylic acids is 1. The van der Waals surface area contributed by atoms with Crippen LogP contribution < -0.4 is 5.73 Å². The van der Waals surface area contributed by atoms with Crippen molar-refractivity contribution >= 4 is 52.3 Å². The topological polar surface area (TPSA) is 55.6 Å². The van der Waals surface area contributed by atoms with Gasteiger partial charge in [0.05, 0.1) is 28.7 Å². The summed E-state index contributed by atoms with van der Waals surface area (Å²) in [6.07, 6.45) is 0.315. The average molecular weight is 462 g/mol. The molecule has 0 aromatic heterocycles. The van der Waals surface area contributed by atoms with E-state index >= 15 is 0 Å². The number of ether oxygens (including phenoxy) is 1. The van der Waals surface area contributed by atoms with Gasteiger partial charge in [0.2, 0.25) is 5.91 Å². The average Bonchev–Trinajstić information content (AvgIpc) is 2.63. The Morgan fingerprint density at radius 3 is 2.57 bits per heavy atom. The molecule has 1 saturated heterocycles. The Labute approximate surface area is 184 Å². The van der Waals surface area contributed by atoms with E-state index in [0.717, 1.165) is 18.7 Å². The molecule has 2 aromatic rings. The number of hydrogen-bond acceptors (Lipinski definition) is 3. The predicted molar refractivity (Wildman–Crippen MR) is 114 cm³/mol. The van der Waals surface area contributed by atoms with E-state index in [2.05, 4.69) is 4.90 Å². The Balaban J connectivity index is 1.68. The summed E-state index contributed by atoms with van der Waals surface area (Å²) in [5, 5.41) is 2.02. The highest BCUT2D eigenvalue weighted by Gasteiger charge is 2.28. The molecule has 0 aliphatic carbocycles. The zero-order valence-corrected chi connectivity index (χ0v) is 18.0. The standard InChI is InChI=1S/C20H20Cl4N2O2/c21-13-2-3-15(18(23)8-13)16(20(25)27)9-14-11-26(5-6-28-14)10-12-1-4-17(22)19(24)7-12/h1-4,7-8,14,16H,5-6,9-11H2,(H2,25,27). The molecule has 1 aliphatic rings. The SMILES string of the molecule is NC(=O)C(CC1CN(Cc2ccc(Cl)c(Cl)c2)CCO1)c1ccc(Cl)cc1Cl. The number of halogens is 4. The number of nitrogens with two attached hydrogens (primary N) is 1. The van der Waals surface area contributed by atoms with E-state index in [1.165, 1.54) is 0 Å². The Hall–Kier alpha value is -1.01. The second-order valence-corrected chi connectivity index (χ2v) is 8.49. The summed E-state index contributed by atoms with van der Waals surface area (Å²) in [7, 11) is 0. The number of rotatable bonds is 6. The summed E-state index contributed by atoms with van der Waals surface area (Å²) in [5.74, 6) is -0.978. The number of carbonyl (C=O) groups is 1. The largest absolute Gasteiger partial charge is 0.376 e. The molecule has 2 N–H and O–H groups in total. The van der Waals surface area contributed by atoms with Crippen LogP contribution in [0.3, 0.4) is 0 Å². The molecule has 1 amide bonds. The summed E-state index contributed by atoms with van der Waals surface area (Å²) >= 11 is 24.3. The zero-order chi connectivity index (χ0) is 20.3. The van der Waals surface area contributed by atoms with Crippen LogP contribution in [0.4, 0.5) is 0 Å². The third-order valence-electron chi connectivity index (χ3n) is 4.79. The van der Waals surface area contributed by atoms with Crippen LogP contribution >= 0.6 is 46.4 Å². The minimum Gasteiger partial charge on any atom is -0.376 e. The Kier molecular flexibility index (Phi) is 7.48. The fourth-order valence-electron chi connectivity index (χ4n) is 3.41. The summed E-state index contributed by atoms with van der Waals surface area (Å²) in [6, 6.07) is 10.7. The molecule has 0 saturated carbocycles. The van der Waals surface area contributed by atoms with Crippen molar-refractivity contribution in [1.82, 2.24) is 4.90 Å². The van der Waals surface area contributed by atoms with Gasteiger partial charge in [0.1, 0.15) is 0 Å². The van der Waals surface area contributed by atoms with Gasteiger partial charge in [-0.2, -0.15) is 0 Å². The third kappa shape index (κ3) is 5.53. The predicted octanol–water partition coefficient (Wildman–Crippen LogP) is 5.16. The minimum atomic E-state index is -0.542. The van der Waals surface area contributed by atoms with E-state index in [1.807, 2.05) is 12.1 Å². The van der Waals surface area contributed by atoms with Crippen molar-refractivity contribution in [3.63, 3.8) is 0 Å². The molecule has 1 aliphatic heterocycles. The highest BCUT2D eigenvalue weighted by molar-refractivity contribution is 6.42. The van der Waals surface area contributed by atoms with Crippen LogP contribution in [0.1, 0.15) is 23.5 Å². The number of amides is 1. The molecule has 4 nitrogen and oxygen atoms in total. The third-order valence-corrected chi connectivity index (χ3v) is 6.09. The van der Waals surface area contributed by atoms with Gasteiger partial charge in [-0.25, -0.2) is 0 Å². The quantitative estimate of drug-likeness (QED) is 0.646. The number of morpholine rings is 1. The fraction of sp³-hybridized carbons (Fsp3) is 0.350. The lowest BCUT2D eigenvalue weighted by molar-refractivity contribution is -0.121. The molecule has 2 unspecified atom stereocenters. The van der Waals surface area contributed by atoms with Gasteiger partial charge in [-0.05, 0) is 41.8 Å². The van der Waals surface area contributed by atoms with Crippen molar-refractivity contribution in [1.29, 1.82) is 0 Å². The molecule has 2 aromatic carbocycles. The van der Waals surface area contributed by atoms with Crippen molar-refractivity contribution in [2.24, 2.45) is 5.73 Å². The van der Waals surface area contributed by atoms with Gasteiger partial charge >= 0.3 is 0 Å². The molecule has 0 radical (unpaired) electrons. The number of primary amides is 1. The first-order chi connectivity index (χ1) is 13.3. The van der Waals surface area contributed by atoms with Crippen LogP contribution in [0.5, 0.6) is 0 Å². The van der Waals surface area contributed by atoms with Gasteiger partial charge in [0, 0.05) is 29.7 Å². The summed E-state index contributed by atoms with van der Waals surface area (Å²) in [6.45, 7) is 2.76. The van der Waals surface area contributed by atoms with Gasteiger partial charge in [-0.3, -0.25) is 9.69 Å². The minimum absolute atomic E-state index is 0.138. The molecule has 2 atom stereocenters. The van der Waals surface area contributed by atoms with Gasteiger partial charge in [-0.15, -0.1) is 0 Å². The van der Waals surface area contributed by atoms with Crippen LogP contribution in [-0.4, -0.2) is 36.6 Å². The first kappa shape index (κ1) is 21.7. The van der Waals surface area contributed by atoms with Crippen LogP contribution in [0, 0.1) is 0 Å². The number of hydrogen-bond donors (Lipinski definition) is 1. The number of nitrogens with zero attached hydrogens (tertiary/aromatic N) is 1. The first-order valence-electron chi connectivity index (χ1n) is 8.85.